The lowest BCUT2D eigenvalue weighted by Crippen LogP contribution is -2.23. The molecule has 0 spiro atoms. The van der Waals surface area contributed by atoms with E-state index in [4.69, 9.17) is 14.6 Å². The fourth-order valence-electron chi connectivity index (χ4n) is 2.78. The quantitative estimate of drug-likeness (QED) is 0.863. The van der Waals surface area contributed by atoms with Gasteiger partial charge >= 0.3 is 5.97 Å². The topological polar surface area (TPSA) is 97.8 Å². The molecule has 2 N–H and O–H groups in total. The SMILES string of the molecule is COc1cc2c(cc1CNC(=O)c1ccnc(C(=O)O)c1)OC(C)C2. The van der Waals surface area contributed by atoms with Crippen molar-refractivity contribution in [3.8, 4) is 11.5 Å². The fourth-order valence-corrected chi connectivity index (χ4v) is 2.78. The second-order valence-corrected chi connectivity index (χ2v) is 5.82. The number of carbonyl (C=O) groups excluding carboxylic acids is 1. The average Bonchev–Trinajstić information content (AvgIpc) is 2.97. The number of nitrogens with zero attached hydrogens (tertiary/aromatic N) is 1. The molecule has 7 heteroatoms. The number of fused-ring (bicyclic) bond motifs is 1. The number of carboxylic acid groups (broad SMARTS) is 1. The molecule has 0 saturated heterocycles. The highest BCUT2D eigenvalue weighted by atomic mass is 16.5. The van der Waals surface area contributed by atoms with Crippen LogP contribution in [0.4, 0.5) is 0 Å². The number of rotatable bonds is 5. The van der Waals surface area contributed by atoms with Crippen LogP contribution in [-0.2, 0) is 13.0 Å². The molecule has 0 aliphatic carbocycles. The molecule has 3 rings (SSSR count). The van der Waals surface area contributed by atoms with Gasteiger partial charge in [-0.2, -0.15) is 0 Å². The Kier molecular flexibility index (Phi) is 4.56. The number of pyridine rings is 1. The van der Waals surface area contributed by atoms with E-state index in [-0.39, 0.29) is 29.8 Å². The van der Waals surface area contributed by atoms with Crippen molar-refractivity contribution < 1.29 is 24.2 Å². The number of ether oxygens (including phenoxy) is 2. The summed E-state index contributed by atoms with van der Waals surface area (Å²) in [6.07, 6.45) is 2.24. The summed E-state index contributed by atoms with van der Waals surface area (Å²) in [5.74, 6) is -0.0877. The molecule has 1 unspecified atom stereocenters. The lowest BCUT2D eigenvalue weighted by molar-refractivity contribution is 0.0690. The summed E-state index contributed by atoms with van der Waals surface area (Å²) in [5.41, 5.74) is 1.93. The molecule has 130 valence electrons. The fraction of sp³-hybridized carbons (Fsp3) is 0.278. The van der Waals surface area contributed by atoms with Crippen molar-refractivity contribution in [2.24, 2.45) is 0 Å². The van der Waals surface area contributed by atoms with E-state index in [2.05, 4.69) is 10.3 Å². The third kappa shape index (κ3) is 3.55. The largest absolute Gasteiger partial charge is 0.496 e. The zero-order chi connectivity index (χ0) is 18.0. The number of carboxylic acids is 1. The zero-order valence-corrected chi connectivity index (χ0v) is 13.9. The van der Waals surface area contributed by atoms with Gasteiger partial charge in [-0.3, -0.25) is 4.79 Å². The highest BCUT2D eigenvalue weighted by Crippen LogP contribution is 2.34. The van der Waals surface area contributed by atoms with Crippen LogP contribution < -0.4 is 14.8 Å². The van der Waals surface area contributed by atoms with E-state index in [9.17, 15) is 9.59 Å². The molecule has 0 bridgehead atoms. The van der Waals surface area contributed by atoms with Crippen molar-refractivity contribution in [2.75, 3.05) is 7.11 Å². The Bertz CT molecular complexity index is 834. The maximum atomic E-state index is 12.3. The Labute approximate surface area is 144 Å². The van der Waals surface area contributed by atoms with E-state index in [1.807, 2.05) is 19.1 Å². The van der Waals surface area contributed by atoms with E-state index in [0.29, 0.717) is 5.75 Å². The summed E-state index contributed by atoms with van der Waals surface area (Å²) < 4.78 is 11.1. The van der Waals surface area contributed by atoms with Crippen molar-refractivity contribution in [3.63, 3.8) is 0 Å². The predicted molar refractivity (Wildman–Crippen MR) is 89.2 cm³/mol. The molecule has 2 aromatic rings. The molecular weight excluding hydrogens is 324 g/mol. The average molecular weight is 342 g/mol. The Balaban J connectivity index is 1.75. The number of amides is 1. The molecule has 0 radical (unpaired) electrons. The van der Waals surface area contributed by atoms with Crippen LogP contribution in [0, 0.1) is 0 Å². The van der Waals surface area contributed by atoms with Gasteiger partial charge in [0.2, 0.25) is 0 Å². The molecule has 7 nitrogen and oxygen atoms in total. The van der Waals surface area contributed by atoms with Crippen LogP contribution in [-0.4, -0.2) is 35.2 Å². The minimum Gasteiger partial charge on any atom is -0.496 e. The number of benzene rings is 1. The number of methoxy groups -OCH3 is 1. The Morgan fingerprint density at radius 3 is 2.92 bits per heavy atom. The highest BCUT2D eigenvalue weighted by molar-refractivity contribution is 5.96. The molecule has 1 amide bonds. The molecule has 1 atom stereocenters. The molecule has 1 aromatic carbocycles. The van der Waals surface area contributed by atoms with Gasteiger partial charge in [-0.15, -0.1) is 0 Å². The summed E-state index contributed by atoms with van der Waals surface area (Å²) in [6, 6.07) is 6.50. The van der Waals surface area contributed by atoms with Gasteiger partial charge in [0.1, 0.15) is 23.3 Å². The normalized spacial score (nSPS) is 15.2. The minimum atomic E-state index is -1.18. The lowest BCUT2D eigenvalue weighted by Gasteiger charge is -2.12. The maximum Gasteiger partial charge on any atom is 0.354 e. The number of hydrogen-bond donors (Lipinski definition) is 2. The second-order valence-electron chi connectivity index (χ2n) is 5.82. The van der Waals surface area contributed by atoms with Crippen molar-refractivity contribution >= 4 is 11.9 Å². The number of aromatic carboxylic acids is 1. The van der Waals surface area contributed by atoms with Gasteiger partial charge in [0.05, 0.1) is 7.11 Å². The van der Waals surface area contributed by atoms with Crippen LogP contribution in [0.25, 0.3) is 0 Å². The Hall–Kier alpha value is -3.09. The van der Waals surface area contributed by atoms with Gasteiger partial charge in [0.25, 0.3) is 5.91 Å². The summed E-state index contributed by atoms with van der Waals surface area (Å²) in [5, 5.41) is 11.7. The third-order valence-electron chi connectivity index (χ3n) is 3.98. The van der Waals surface area contributed by atoms with E-state index in [0.717, 1.165) is 23.3 Å². The number of aromatic nitrogens is 1. The van der Waals surface area contributed by atoms with Gasteiger partial charge in [0.15, 0.2) is 0 Å². The van der Waals surface area contributed by atoms with Gasteiger partial charge in [-0.05, 0) is 31.2 Å². The molecule has 1 aliphatic rings. The predicted octanol–water partition coefficient (Wildman–Crippen LogP) is 2.04. The Morgan fingerprint density at radius 2 is 2.20 bits per heavy atom. The molecule has 2 heterocycles. The third-order valence-corrected chi connectivity index (χ3v) is 3.98. The standard InChI is InChI=1S/C18H18N2O5/c1-10-5-12-7-15(24-2)13(8-16(12)25-10)9-20-17(21)11-3-4-19-14(6-11)18(22)23/h3-4,6-8,10H,5,9H2,1-2H3,(H,20,21)(H,22,23). The first-order valence-corrected chi connectivity index (χ1v) is 7.82. The van der Waals surface area contributed by atoms with Crippen LogP contribution in [0.15, 0.2) is 30.5 Å². The first-order valence-electron chi connectivity index (χ1n) is 7.82. The zero-order valence-electron chi connectivity index (χ0n) is 13.9. The van der Waals surface area contributed by atoms with Crippen molar-refractivity contribution in [1.29, 1.82) is 0 Å². The molecule has 25 heavy (non-hydrogen) atoms. The van der Waals surface area contributed by atoms with Crippen LogP contribution in [0.3, 0.4) is 0 Å². The minimum absolute atomic E-state index is 0.121. The molecule has 0 saturated carbocycles. The van der Waals surface area contributed by atoms with Crippen molar-refractivity contribution in [3.05, 3.63) is 52.8 Å². The van der Waals surface area contributed by atoms with Gasteiger partial charge in [-0.25, -0.2) is 9.78 Å². The highest BCUT2D eigenvalue weighted by Gasteiger charge is 2.22. The first kappa shape index (κ1) is 16.8. The van der Waals surface area contributed by atoms with Gasteiger partial charge in [0, 0.05) is 35.9 Å². The van der Waals surface area contributed by atoms with Crippen LogP contribution >= 0.6 is 0 Å². The van der Waals surface area contributed by atoms with Crippen molar-refractivity contribution in [1.82, 2.24) is 10.3 Å². The number of nitrogens with one attached hydrogen (secondary N) is 1. The molecule has 0 fully saturated rings. The summed E-state index contributed by atoms with van der Waals surface area (Å²) in [7, 11) is 1.58. The number of carbonyl (C=O) groups is 2. The van der Waals surface area contributed by atoms with Crippen LogP contribution in [0.1, 0.15) is 38.9 Å². The summed E-state index contributed by atoms with van der Waals surface area (Å²) in [4.78, 5) is 26.9. The maximum absolute atomic E-state index is 12.3. The lowest BCUT2D eigenvalue weighted by atomic mass is 10.1. The monoisotopic (exact) mass is 342 g/mol. The van der Waals surface area contributed by atoms with E-state index < -0.39 is 5.97 Å². The van der Waals surface area contributed by atoms with Gasteiger partial charge < -0.3 is 19.9 Å². The van der Waals surface area contributed by atoms with Crippen LogP contribution in [0.2, 0.25) is 0 Å². The molecular formula is C18H18N2O5. The van der Waals surface area contributed by atoms with E-state index >= 15 is 0 Å². The molecule has 1 aliphatic heterocycles. The number of hydrogen-bond acceptors (Lipinski definition) is 5. The van der Waals surface area contributed by atoms with Crippen LogP contribution in [0.5, 0.6) is 11.5 Å². The van der Waals surface area contributed by atoms with E-state index in [1.54, 1.807) is 7.11 Å². The second kappa shape index (κ2) is 6.80. The summed E-state index contributed by atoms with van der Waals surface area (Å²) >= 11 is 0. The smallest absolute Gasteiger partial charge is 0.354 e. The van der Waals surface area contributed by atoms with Gasteiger partial charge in [-0.1, -0.05) is 0 Å². The van der Waals surface area contributed by atoms with E-state index in [1.165, 1.54) is 18.3 Å². The Morgan fingerprint density at radius 1 is 1.40 bits per heavy atom. The summed E-state index contributed by atoms with van der Waals surface area (Å²) in [6.45, 7) is 2.23. The van der Waals surface area contributed by atoms with Crippen molar-refractivity contribution in [2.45, 2.75) is 26.0 Å². The first-order chi connectivity index (χ1) is 12.0. The molecule has 1 aromatic heterocycles.